The van der Waals surface area contributed by atoms with E-state index in [2.05, 4.69) is 12.1 Å². The van der Waals surface area contributed by atoms with Gasteiger partial charge in [0.2, 0.25) is 10.0 Å². The molecule has 0 radical (unpaired) electrons. The Morgan fingerprint density at radius 1 is 1.29 bits per heavy atom. The van der Waals surface area contributed by atoms with Gasteiger partial charge in [0, 0.05) is 5.75 Å². The first kappa shape index (κ1) is 14.5. The van der Waals surface area contributed by atoms with Crippen molar-refractivity contribution in [3.05, 3.63) is 35.9 Å². The average Bonchev–Trinajstić information content (AvgIpc) is 2.23. The Bertz CT molecular complexity index is 417. The summed E-state index contributed by atoms with van der Waals surface area (Å²) in [5.41, 5.74) is 1.30. The molecule has 0 spiro atoms. The summed E-state index contributed by atoms with van der Waals surface area (Å²) in [5.74, 6) is 2.15. The van der Waals surface area contributed by atoms with Gasteiger partial charge >= 0.3 is 0 Å². The molecule has 0 aliphatic carbocycles. The highest BCUT2D eigenvalue weighted by atomic mass is 32.2. The zero-order valence-corrected chi connectivity index (χ0v) is 11.6. The molecule has 0 saturated carbocycles. The van der Waals surface area contributed by atoms with Gasteiger partial charge in [-0.3, -0.25) is 0 Å². The van der Waals surface area contributed by atoms with Crippen LogP contribution in [0.2, 0.25) is 0 Å². The second kappa shape index (κ2) is 7.03. The Balaban J connectivity index is 2.16. The Morgan fingerprint density at radius 2 is 1.94 bits per heavy atom. The van der Waals surface area contributed by atoms with Crippen LogP contribution in [0.4, 0.5) is 0 Å². The first-order valence-corrected chi connectivity index (χ1v) is 8.46. The molecule has 17 heavy (non-hydrogen) atoms. The molecular weight excluding hydrogens is 254 g/mol. The highest BCUT2D eigenvalue weighted by Crippen LogP contribution is 2.15. The van der Waals surface area contributed by atoms with E-state index in [4.69, 9.17) is 5.14 Å². The number of benzene rings is 1. The minimum Gasteiger partial charge on any atom is -0.229 e. The van der Waals surface area contributed by atoms with Gasteiger partial charge in [0.1, 0.15) is 0 Å². The molecule has 0 heterocycles. The first-order chi connectivity index (χ1) is 7.97. The zero-order valence-electron chi connectivity index (χ0n) is 10.0. The van der Waals surface area contributed by atoms with E-state index in [1.807, 2.05) is 36.9 Å². The smallest absolute Gasteiger partial charge is 0.209 e. The van der Waals surface area contributed by atoms with Crippen molar-refractivity contribution in [3.63, 3.8) is 0 Å². The Morgan fingerprint density at radius 3 is 2.53 bits per heavy atom. The van der Waals surface area contributed by atoms with Crippen LogP contribution in [-0.2, 0) is 15.8 Å². The van der Waals surface area contributed by atoms with E-state index >= 15 is 0 Å². The topological polar surface area (TPSA) is 60.2 Å². The molecule has 1 rings (SSSR count). The lowest BCUT2D eigenvalue weighted by molar-refractivity contribution is 0.567. The number of hydrogen-bond donors (Lipinski definition) is 1. The number of thioether (sulfide) groups is 1. The summed E-state index contributed by atoms with van der Waals surface area (Å²) in [4.78, 5) is 0. The summed E-state index contributed by atoms with van der Waals surface area (Å²) in [5, 5.41) is 5.00. The van der Waals surface area contributed by atoms with Crippen LogP contribution >= 0.6 is 11.8 Å². The zero-order chi connectivity index (χ0) is 12.7. The molecule has 5 heteroatoms. The van der Waals surface area contributed by atoms with Crippen LogP contribution in [0.1, 0.15) is 18.9 Å². The lowest BCUT2D eigenvalue weighted by Gasteiger charge is -2.09. The van der Waals surface area contributed by atoms with Crippen LogP contribution in [-0.4, -0.2) is 19.9 Å². The molecule has 1 atom stereocenters. The summed E-state index contributed by atoms with van der Waals surface area (Å²) in [6, 6.07) is 10.3. The molecule has 1 aromatic carbocycles. The van der Waals surface area contributed by atoms with E-state index in [0.717, 1.165) is 17.9 Å². The average molecular weight is 273 g/mol. The lowest BCUT2D eigenvalue weighted by atomic mass is 10.2. The SMILES string of the molecule is CC(CCSCc1ccccc1)CS(N)(=O)=O. The molecule has 0 amide bonds. The largest absolute Gasteiger partial charge is 0.229 e. The van der Waals surface area contributed by atoms with Gasteiger partial charge in [-0.05, 0) is 23.7 Å². The molecule has 0 aromatic heterocycles. The van der Waals surface area contributed by atoms with Gasteiger partial charge in [0.05, 0.1) is 5.75 Å². The van der Waals surface area contributed by atoms with E-state index < -0.39 is 10.0 Å². The van der Waals surface area contributed by atoms with Crippen molar-refractivity contribution in [3.8, 4) is 0 Å². The predicted octanol–water partition coefficient (Wildman–Crippen LogP) is 2.23. The molecule has 0 aliphatic rings. The van der Waals surface area contributed by atoms with Gasteiger partial charge in [-0.2, -0.15) is 11.8 Å². The number of primary sulfonamides is 1. The van der Waals surface area contributed by atoms with Gasteiger partial charge in [-0.15, -0.1) is 0 Å². The minimum atomic E-state index is -3.32. The fraction of sp³-hybridized carbons (Fsp3) is 0.500. The van der Waals surface area contributed by atoms with Crippen LogP contribution in [0, 0.1) is 5.92 Å². The lowest BCUT2D eigenvalue weighted by Crippen LogP contribution is -2.21. The maximum Gasteiger partial charge on any atom is 0.209 e. The summed E-state index contributed by atoms with van der Waals surface area (Å²) in [7, 11) is -3.32. The normalized spacial score (nSPS) is 13.5. The molecule has 1 unspecified atom stereocenters. The molecule has 1 aromatic rings. The Kier molecular flexibility index (Phi) is 6.02. The Labute approximate surface area is 108 Å². The van der Waals surface area contributed by atoms with Crippen LogP contribution < -0.4 is 5.14 Å². The highest BCUT2D eigenvalue weighted by molar-refractivity contribution is 7.98. The van der Waals surface area contributed by atoms with E-state index in [0.29, 0.717) is 0 Å². The van der Waals surface area contributed by atoms with Crippen LogP contribution in [0.3, 0.4) is 0 Å². The number of rotatable bonds is 7. The molecule has 0 bridgehead atoms. The van der Waals surface area contributed by atoms with Crippen molar-refractivity contribution >= 4 is 21.8 Å². The maximum absolute atomic E-state index is 10.9. The van der Waals surface area contributed by atoms with Crippen molar-refractivity contribution in [1.29, 1.82) is 0 Å². The standard InChI is InChI=1S/C12H19NO2S2/c1-11(10-17(13,14)15)7-8-16-9-12-5-3-2-4-6-12/h2-6,11H,7-10H2,1H3,(H2,13,14,15). The number of nitrogens with two attached hydrogens (primary N) is 1. The molecule has 0 saturated heterocycles. The number of sulfonamides is 1. The van der Waals surface area contributed by atoms with Crippen LogP contribution in [0.25, 0.3) is 0 Å². The van der Waals surface area contributed by atoms with Gasteiger partial charge in [-0.25, -0.2) is 13.6 Å². The summed E-state index contributed by atoms with van der Waals surface area (Å²) in [6.45, 7) is 1.92. The van der Waals surface area contributed by atoms with Crippen molar-refractivity contribution in [2.24, 2.45) is 11.1 Å². The fourth-order valence-electron chi connectivity index (χ4n) is 1.53. The summed E-state index contributed by atoms with van der Waals surface area (Å²) in [6.07, 6.45) is 0.883. The monoisotopic (exact) mass is 273 g/mol. The fourth-order valence-corrected chi connectivity index (χ4v) is 3.63. The van der Waals surface area contributed by atoms with Crippen molar-refractivity contribution in [1.82, 2.24) is 0 Å². The molecule has 96 valence electrons. The molecule has 0 aliphatic heterocycles. The third-order valence-electron chi connectivity index (χ3n) is 2.38. The second-order valence-corrected chi connectivity index (χ2v) is 7.03. The van der Waals surface area contributed by atoms with E-state index in [1.165, 1.54) is 5.56 Å². The predicted molar refractivity (Wildman–Crippen MR) is 74.4 cm³/mol. The molecular formula is C12H19NO2S2. The Hall–Kier alpha value is -0.520. The van der Waals surface area contributed by atoms with Crippen LogP contribution in [0.15, 0.2) is 30.3 Å². The summed E-state index contributed by atoms with van der Waals surface area (Å²) < 4.78 is 21.7. The third-order valence-corrected chi connectivity index (χ3v) is 4.48. The summed E-state index contributed by atoms with van der Waals surface area (Å²) >= 11 is 1.83. The maximum atomic E-state index is 10.9. The molecule has 2 N–H and O–H groups in total. The van der Waals surface area contributed by atoms with E-state index in [1.54, 1.807) is 0 Å². The first-order valence-electron chi connectivity index (χ1n) is 5.59. The minimum absolute atomic E-state index is 0.0822. The van der Waals surface area contributed by atoms with Crippen molar-refractivity contribution in [2.45, 2.75) is 19.1 Å². The number of hydrogen-bond acceptors (Lipinski definition) is 3. The van der Waals surface area contributed by atoms with Gasteiger partial charge in [-0.1, -0.05) is 37.3 Å². The molecule has 3 nitrogen and oxygen atoms in total. The highest BCUT2D eigenvalue weighted by Gasteiger charge is 2.10. The van der Waals surface area contributed by atoms with E-state index in [9.17, 15) is 8.42 Å². The van der Waals surface area contributed by atoms with Gasteiger partial charge < -0.3 is 0 Å². The van der Waals surface area contributed by atoms with E-state index in [-0.39, 0.29) is 11.7 Å². The second-order valence-electron chi connectivity index (χ2n) is 4.26. The third kappa shape index (κ3) is 7.41. The quantitative estimate of drug-likeness (QED) is 0.775. The van der Waals surface area contributed by atoms with Gasteiger partial charge in [0.15, 0.2) is 0 Å². The van der Waals surface area contributed by atoms with Crippen molar-refractivity contribution in [2.75, 3.05) is 11.5 Å². The van der Waals surface area contributed by atoms with Gasteiger partial charge in [0.25, 0.3) is 0 Å². The van der Waals surface area contributed by atoms with Crippen molar-refractivity contribution < 1.29 is 8.42 Å². The van der Waals surface area contributed by atoms with Crippen LogP contribution in [0.5, 0.6) is 0 Å². The molecule has 0 fully saturated rings.